The summed E-state index contributed by atoms with van der Waals surface area (Å²) in [5.41, 5.74) is 3.72. The molecular weight excluding hydrogens is 467 g/mol. The van der Waals surface area contributed by atoms with Gasteiger partial charge in [0.2, 0.25) is 0 Å². The van der Waals surface area contributed by atoms with Crippen LogP contribution in [0.3, 0.4) is 0 Å². The maximum Gasteiger partial charge on any atom is 0.319 e. The van der Waals surface area contributed by atoms with Gasteiger partial charge >= 0.3 is 6.03 Å². The van der Waals surface area contributed by atoms with Crippen molar-refractivity contribution < 1.29 is 13.9 Å². The zero-order valence-corrected chi connectivity index (χ0v) is 21.1. The molecule has 190 valence electrons. The van der Waals surface area contributed by atoms with Gasteiger partial charge in [-0.15, -0.1) is 0 Å². The van der Waals surface area contributed by atoms with E-state index in [1.165, 1.54) is 17.7 Å². The van der Waals surface area contributed by atoms with Crippen LogP contribution in [0.1, 0.15) is 17.2 Å². The fourth-order valence-corrected chi connectivity index (χ4v) is 5.19. The molecule has 3 aromatic carbocycles. The minimum atomic E-state index is -0.353. The van der Waals surface area contributed by atoms with Crippen LogP contribution in [0.4, 0.5) is 14.9 Å². The van der Waals surface area contributed by atoms with Crippen LogP contribution in [0.25, 0.3) is 22.0 Å². The fourth-order valence-electron chi connectivity index (χ4n) is 5.19. The van der Waals surface area contributed by atoms with Crippen molar-refractivity contribution in [2.45, 2.75) is 18.9 Å². The third-order valence-electron chi connectivity index (χ3n) is 6.99. The van der Waals surface area contributed by atoms with Crippen LogP contribution in [-0.4, -0.2) is 55.3 Å². The number of likely N-dealkylation sites (tertiary alicyclic amines) is 1. The van der Waals surface area contributed by atoms with Gasteiger partial charge in [-0.05, 0) is 24.6 Å². The van der Waals surface area contributed by atoms with Gasteiger partial charge in [-0.1, -0.05) is 66.7 Å². The van der Waals surface area contributed by atoms with E-state index in [4.69, 9.17) is 9.72 Å². The van der Waals surface area contributed by atoms with Gasteiger partial charge in [0.25, 0.3) is 0 Å². The summed E-state index contributed by atoms with van der Waals surface area (Å²) in [5, 5.41) is 8.09. The zero-order valence-electron chi connectivity index (χ0n) is 21.1. The van der Waals surface area contributed by atoms with Crippen LogP contribution in [0.2, 0.25) is 0 Å². The molecule has 0 unspecified atom stereocenters. The van der Waals surface area contributed by atoms with Crippen molar-refractivity contribution in [2.75, 3.05) is 38.7 Å². The Labute approximate surface area is 216 Å². The van der Waals surface area contributed by atoms with Crippen LogP contribution in [0.15, 0.2) is 78.9 Å². The molecule has 0 radical (unpaired) electrons. The number of hydrogen-bond acceptors (Lipinski definition) is 4. The van der Waals surface area contributed by atoms with Crippen molar-refractivity contribution in [2.24, 2.45) is 0 Å². The van der Waals surface area contributed by atoms with Crippen molar-refractivity contribution in [1.82, 2.24) is 15.2 Å². The number of halogens is 1. The molecule has 2 atom stereocenters. The number of pyridine rings is 1. The smallest absolute Gasteiger partial charge is 0.319 e. The van der Waals surface area contributed by atoms with Crippen molar-refractivity contribution in [3.63, 3.8) is 0 Å². The van der Waals surface area contributed by atoms with Gasteiger partial charge in [0.05, 0.1) is 24.0 Å². The van der Waals surface area contributed by atoms with E-state index in [1.54, 1.807) is 19.2 Å². The lowest BCUT2D eigenvalue weighted by atomic mass is 9.94. The van der Waals surface area contributed by atoms with Gasteiger partial charge < -0.3 is 15.4 Å². The number of aromatic nitrogens is 1. The van der Waals surface area contributed by atoms with Gasteiger partial charge in [-0.25, -0.2) is 9.18 Å². The molecule has 1 fully saturated rings. The average Bonchev–Trinajstić information content (AvgIpc) is 3.31. The first kappa shape index (κ1) is 24.9. The average molecular weight is 499 g/mol. The van der Waals surface area contributed by atoms with E-state index in [1.807, 2.05) is 49.4 Å². The second kappa shape index (κ2) is 11.1. The Balaban J connectivity index is 1.46. The summed E-state index contributed by atoms with van der Waals surface area (Å²) in [6, 6.07) is 24.0. The van der Waals surface area contributed by atoms with Crippen LogP contribution in [0, 0.1) is 12.7 Å². The lowest BCUT2D eigenvalue weighted by Crippen LogP contribution is -2.42. The summed E-state index contributed by atoms with van der Waals surface area (Å²) in [6.07, 6.45) is 0. The molecule has 1 aliphatic rings. The van der Waals surface area contributed by atoms with Crippen LogP contribution >= 0.6 is 0 Å². The van der Waals surface area contributed by atoms with E-state index in [0.717, 1.165) is 36.1 Å². The number of carbonyl (C=O) groups excluding carboxylic acids is 1. The van der Waals surface area contributed by atoms with E-state index in [0.29, 0.717) is 23.6 Å². The molecule has 1 aliphatic heterocycles. The Morgan fingerprint density at radius 3 is 2.54 bits per heavy atom. The number of nitrogens with one attached hydrogen (secondary N) is 2. The number of hydrogen-bond donors (Lipinski definition) is 2. The number of anilines is 1. The van der Waals surface area contributed by atoms with Crippen molar-refractivity contribution in [3.05, 3.63) is 95.9 Å². The molecule has 1 aromatic heterocycles. The Kier molecular flexibility index (Phi) is 7.44. The topological polar surface area (TPSA) is 66.5 Å². The third-order valence-corrected chi connectivity index (χ3v) is 6.99. The first-order valence-electron chi connectivity index (χ1n) is 12.5. The Morgan fingerprint density at radius 2 is 1.78 bits per heavy atom. The monoisotopic (exact) mass is 498 g/mol. The number of rotatable bonds is 7. The molecule has 2 heterocycles. The first-order chi connectivity index (χ1) is 18.0. The van der Waals surface area contributed by atoms with E-state index in [9.17, 15) is 9.18 Å². The predicted molar refractivity (Wildman–Crippen MR) is 145 cm³/mol. The van der Waals surface area contributed by atoms with Gasteiger partial charge in [0.1, 0.15) is 5.82 Å². The number of carbonyl (C=O) groups is 1. The zero-order chi connectivity index (χ0) is 25.8. The maximum absolute atomic E-state index is 14.1. The standard InChI is InChI=1S/C30H31FN4O2/c1-20-24-13-6-7-14-25(24)29(28(32-20)22-11-8-12-23(31)17-22)34-30(36)33-27-19-35(15-16-37-2)18-26(27)21-9-4-3-5-10-21/h3-14,17,26-27H,15-16,18-19H2,1-2H3,(H2,33,34,36)/t26-,27+/m0/s1. The highest BCUT2D eigenvalue weighted by Gasteiger charge is 2.34. The van der Waals surface area contributed by atoms with Crippen molar-refractivity contribution in [3.8, 4) is 11.3 Å². The molecule has 0 saturated carbocycles. The molecule has 0 spiro atoms. The van der Waals surface area contributed by atoms with Gasteiger partial charge in [0, 0.05) is 54.7 Å². The number of fused-ring (bicyclic) bond motifs is 1. The highest BCUT2D eigenvalue weighted by Crippen LogP contribution is 2.35. The highest BCUT2D eigenvalue weighted by atomic mass is 19.1. The summed E-state index contributed by atoms with van der Waals surface area (Å²) in [5.74, 6) is -0.201. The predicted octanol–water partition coefficient (Wildman–Crippen LogP) is 5.59. The van der Waals surface area contributed by atoms with Crippen molar-refractivity contribution in [1.29, 1.82) is 0 Å². The van der Waals surface area contributed by atoms with E-state index < -0.39 is 0 Å². The van der Waals surface area contributed by atoms with E-state index in [2.05, 4.69) is 27.7 Å². The lowest BCUT2D eigenvalue weighted by Gasteiger charge is -2.22. The molecule has 2 N–H and O–H groups in total. The largest absolute Gasteiger partial charge is 0.383 e. The van der Waals surface area contributed by atoms with Gasteiger partial charge in [-0.3, -0.25) is 9.88 Å². The molecule has 5 rings (SSSR count). The van der Waals surface area contributed by atoms with Crippen LogP contribution in [-0.2, 0) is 4.74 Å². The Bertz CT molecular complexity index is 1400. The number of methoxy groups -OCH3 is 1. The maximum atomic E-state index is 14.1. The molecule has 37 heavy (non-hydrogen) atoms. The number of nitrogens with zero attached hydrogens (tertiary/aromatic N) is 2. The lowest BCUT2D eigenvalue weighted by molar-refractivity contribution is 0.159. The highest BCUT2D eigenvalue weighted by molar-refractivity contribution is 6.07. The molecule has 6 nitrogen and oxygen atoms in total. The summed E-state index contributed by atoms with van der Waals surface area (Å²) in [4.78, 5) is 20.6. The molecule has 0 aliphatic carbocycles. The van der Waals surface area contributed by atoms with Crippen LogP contribution < -0.4 is 10.6 Å². The first-order valence-corrected chi connectivity index (χ1v) is 12.5. The SMILES string of the molecule is COCCN1C[C@@H](NC(=O)Nc2c(-c3cccc(F)c3)nc(C)c3ccccc23)[C@H](c2ccccc2)C1. The summed E-state index contributed by atoms with van der Waals surface area (Å²) >= 11 is 0. The van der Waals surface area contributed by atoms with Gasteiger partial charge in [0.15, 0.2) is 0 Å². The second-order valence-electron chi connectivity index (χ2n) is 9.45. The number of urea groups is 1. The summed E-state index contributed by atoms with van der Waals surface area (Å²) in [7, 11) is 1.70. The molecule has 4 aromatic rings. The second-order valence-corrected chi connectivity index (χ2v) is 9.45. The Hall–Kier alpha value is -3.81. The molecular formula is C30H31FN4O2. The quantitative estimate of drug-likeness (QED) is 0.349. The number of benzene rings is 3. The molecule has 1 saturated heterocycles. The normalized spacial score (nSPS) is 17.7. The van der Waals surface area contributed by atoms with Crippen LogP contribution in [0.5, 0.6) is 0 Å². The minimum Gasteiger partial charge on any atom is -0.383 e. The Morgan fingerprint density at radius 1 is 1.03 bits per heavy atom. The number of aryl methyl sites for hydroxylation is 1. The number of amides is 2. The van der Waals surface area contributed by atoms with E-state index in [-0.39, 0.29) is 23.8 Å². The van der Waals surface area contributed by atoms with Crippen molar-refractivity contribution >= 4 is 22.5 Å². The van der Waals surface area contributed by atoms with Gasteiger partial charge in [-0.2, -0.15) is 0 Å². The van der Waals surface area contributed by atoms with E-state index >= 15 is 0 Å². The third kappa shape index (κ3) is 5.48. The number of ether oxygens (including phenoxy) is 1. The summed E-state index contributed by atoms with van der Waals surface area (Å²) in [6.45, 7) is 4.92. The molecule has 2 amide bonds. The molecule has 0 bridgehead atoms. The fraction of sp³-hybridized carbons (Fsp3) is 0.267. The summed E-state index contributed by atoms with van der Waals surface area (Å²) < 4.78 is 19.4. The molecule has 7 heteroatoms. The minimum absolute atomic E-state index is 0.0819.